The molecule has 0 radical (unpaired) electrons. The second-order valence-corrected chi connectivity index (χ2v) is 3.14. The van der Waals surface area contributed by atoms with Crippen LogP contribution in [-0.4, -0.2) is 15.6 Å². The van der Waals surface area contributed by atoms with Crippen LogP contribution in [0.4, 0.5) is 0 Å². The van der Waals surface area contributed by atoms with Gasteiger partial charge in [-0.15, -0.1) is 0 Å². The van der Waals surface area contributed by atoms with E-state index in [1.807, 2.05) is 6.92 Å². The highest BCUT2D eigenvalue weighted by molar-refractivity contribution is 5.84. The van der Waals surface area contributed by atoms with E-state index in [1.165, 1.54) is 0 Å². The van der Waals surface area contributed by atoms with E-state index in [4.69, 9.17) is 5.73 Å². The Balaban J connectivity index is 2.67. The van der Waals surface area contributed by atoms with Crippen molar-refractivity contribution >= 4 is 5.78 Å². The first-order chi connectivity index (χ1) is 6.15. The van der Waals surface area contributed by atoms with Gasteiger partial charge in [0.05, 0.1) is 12.2 Å². The molecule has 1 aromatic heterocycles. The summed E-state index contributed by atoms with van der Waals surface area (Å²) in [6, 6.07) is -0.506. The van der Waals surface area contributed by atoms with Crippen LogP contribution in [0.2, 0.25) is 0 Å². The first-order valence-electron chi connectivity index (χ1n) is 4.42. The second-order valence-electron chi connectivity index (χ2n) is 3.14. The molecule has 2 N–H and O–H groups in total. The maximum Gasteiger partial charge on any atom is 0.154 e. The summed E-state index contributed by atoms with van der Waals surface area (Å²) in [4.78, 5) is 11.4. The molecule has 0 aliphatic rings. The molecule has 1 rings (SSSR count). The number of nitrogens with two attached hydrogens (primary N) is 1. The molecule has 0 spiro atoms. The third-order valence-corrected chi connectivity index (χ3v) is 1.93. The van der Waals surface area contributed by atoms with Gasteiger partial charge in [-0.3, -0.25) is 9.48 Å². The van der Waals surface area contributed by atoms with Gasteiger partial charge < -0.3 is 5.73 Å². The van der Waals surface area contributed by atoms with Crippen LogP contribution in [0.25, 0.3) is 0 Å². The molecule has 0 aromatic carbocycles. The first-order valence-corrected chi connectivity index (χ1v) is 4.42. The lowest BCUT2D eigenvalue weighted by Gasteiger charge is -2.06. The van der Waals surface area contributed by atoms with Crippen LogP contribution >= 0.6 is 0 Å². The zero-order valence-electron chi connectivity index (χ0n) is 8.03. The smallest absolute Gasteiger partial charge is 0.154 e. The standard InChI is InChI=1S/C9H15N3O/c1-3-4-8(13)9(10)7-5-11-12(2)6-7/h5-6,9H,3-4,10H2,1-2H3. The van der Waals surface area contributed by atoms with Crippen LogP contribution in [0, 0.1) is 0 Å². The van der Waals surface area contributed by atoms with Crippen LogP contribution in [0.5, 0.6) is 0 Å². The topological polar surface area (TPSA) is 60.9 Å². The van der Waals surface area contributed by atoms with Gasteiger partial charge in [-0.05, 0) is 6.42 Å². The average Bonchev–Trinajstić information content (AvgIpc) is 2.51. The van der Waals surface area contributed by atoms with Gasteiger partial charge in [0.2, 0.25) is 0 Å². The lowest BCUT2D eigenvalue weighted by atomic mass is 10.0. The molecule has 0 saturated carbocycles. The fraction of sp³-hybridized carbons (Fsp3) is 0.556. The third-order valence-electron chi connectivity index (χ3n) is 1.93. The van der Waals surface area contributed by atoms with Gasteiger partial charge >= 0.3 is 0 Å². The zero-order chi connectivity index (χ0) is 9.84. The summed E-state index contributed by atoms with van der Waals surface area (Å²) in [5.41, 5.74) is 6.53. The molecule has 1 heterocycles. The number of carbonyl (C=O) groups excluding carboxylic acids is 1. The molecule has 1 atom stereocenters. The van der Waals surface area contributed by atoms with Crippen molar-refractivity contribution in [1.29, 1.82) is 0 Å². The molecule has 0 aliphatic carbocycles. The molecule has 0 saturated heterocycles. The molecule has 72 valence electrons. The van der Waals surface area contributed by atoms with E-state index in [1.54, 1.807) is 24.1 Å². The van der Waals surface area contributed by atoms with E-state index in [0.29, 0.717) is 6.42 Å². The summed E-state index contributed by atoms with van der Waals surface area (Å²) in [5, 5.41) is 3.96. The maximum absolute atomic E-state index is 11.4. The molecule has 4 heteroatoms. The number of carbonyl (C=O) groups is 1. The Kier molecular flexibility index (Phi) is 3.19. The zero-order valence-corrected chi connectivity index (χ0v) is 8.03. The summed E-state index contributed by atoms with van der Waals surface area (Å²) >= 11 is 0. The van der Waals surface area contributed by atoms with Gasteiger partial charge in [0, 0.05) is 25.2 Å². The van der Waals surface area contributed by atoms with E-state index in [9.17, 15) is 4.79 Å². The number of nitrogens with zero attached hydrogens (tertiary/aromatic N) is 2. The Morgan fingerprint density at radius 1 is 1.77 bits per heavy atom. The van der Waals surface area contributed by atoms with Gasteiger partial charge in [0.15, 0.2) is 5.78 Å². The summed E-state index contributed by atoms with van der Waals surface area (Å²) < 4.78 is 1.65. The van der Waals surface area contributed by atoms with Crippen LogP contribution in [-0.2, 0) is 11.8 Å². The van der Waals surface area contributed by atoms with Crippen molar-refractivity contribution in [3.8, 4) is 0 Å². The Labute approximate surface area is 77.7 Å². The number of hydrogen-bond acceptors (Lipinski definition) is 3. The van der Waals surface area contributed by atoms with Gasteiger partial charge in [0.1, 0.15) is 0 Å². The van der Waals surface area contributed by atoms with Crippen molar-refractivity contribution in [2.75, 3.05) is 0 Å². The number of aryl methyl sites for hydroxylation is 1. The number of hydrogen-bond donors (Lipinski definition) is 1. The lowest BCUT2D eigenvalue weighted by molar-refractivity contribution is -0.120. The Morgan fingerprint density at radius 2 is 2.46 bits per heavy atom. The summed E-state index contributed by atoms with van der Waals surface area (Å²) in [6.45, 7) is 1.97. The van der Waals surface area contributed by atoms with Crippen LogP contribution in [0.15, 0.2) is 12.4 Å². The summed E-state index contributed by atoms with van der Waals surface area (Å²) in [6.07, 6.45) is 4.79. The summed E-state index contributed by atoms with van der Waals surface area (Å²) in [7, 11) is 1.81. The van der Waals surface area contributed by atoms with Gasteiger partial charge in [-0.25, -0.2) is 0 Å². The Bertz CT molecular complexity index is 293. The van der Waals surface area contributed by atoms with E-state index < -0.39 is 6.04 Å². The second kappa shape index (κ2) is 4.18. The minimum Gasteiger partial charge on any atom is -0.318 e. The lowest BCUT2D eigenvalue weighted by Crippen LogP contribution is -2.20. The molecule has 0 aliphatic heterocycles. The molecule has 1 unspecified atom stereocenters. The van der Waals surface area contributed by atoms with Gasteiger partial charge in [0.25, 0.3) is 0 Å². The number of aromatic nitrogens is 2. The quantitative estimate of drug-likeness (QED) is 0.747. The molecule has 0 amide bonds. The molecular weight excluding hydrogens is 166 g/mol. The molecule has 0 fully saturated rings. The fourth-order valence-electron chi connectivity index (χ4n) is 1.19. The molecule has 1 aromatic rings. The third kappa shape index (κ3) is 2.39. The van der Waals surface area contributed by atoms with E-state index in [2.05, 4.69) is 5.10 Å². The highest BCUT2D eigenvalue weighted by Crippen LogP contribution is 2.11. The predicted molar refractivity (Wildman–Crippen MR) is 50.1 cm³/mol. The molecule has 0 bridgehead atoms. The van der Waals surface area contributed by atoms with Crippen molar-refractivity contribution in [3.63, 3.8) is 0 Å². The highest BCUT2D eigenvalue weighted by Gasteiger charge is 2.15. The van der Waals surface area contributed by atoms with E-state index >= 15 is 0 Å². The first kappa shape index (κ1) is 9.92. The Hall–Kier alpha value is -1.16. The average molecular weight is 181 g/mol. The minimum atomic E-state index is -0.506. The van der Waals surface area contributed by atoms with Gasteiger partial charge in [-0.2, -0.15) is 5.10 Å². The molecular formula is C9H15N3O. The van der Waals surface area contributed by atoms with E-state index in [-0.39, 0.29) is 5.78 Å². The van der Waals surface area contributed by atoms with Crippen molar-refractivity contribution in [2.45, 2.75) is 25.8 Å². The fourth-order valence-corrected chi connectivity index (χ4v) is 1.19. The monoisotopic (exact) mass is 181 g/mol. The summed E-state index contributed by atoms with van der Waals surface area (Å²) in [5.74, 6) is 0.0792. The van der Waals surface area contributed by atoms with Crippen molar-refractivity contribution in [3.05, 3.63) is 18.0 Å². The maximum atomic E-state index is 11.4. The van der Waals surface area contributed by atoms with Gasteiger partial charge in [-0.1, -0.05) is 6.92 Å². The van der Waals surface area contributed by atoms with Crippen LogP contribution < -0.4 is 5.73 Å². The Morgan fingerprint density at radius 3 is 2.92 bits per heavy atom. The SMILES string of the molecule is CCCC(=O)C(N)c1cnn(C)c1. The van der Waals surface area contributed by atoms with Crippen molar-refractivity contribution in [1.82, 2.24) is 9.78 Å². The van der Waals surface area contributed by atoms with E-state index in [0.717, 1.165) is 12.0 Å². The van der Waals surface area contributed by atoms with Crippen molar-refractivity contribution < 1.29 is 4.79 Å². The van der Waals surface area contributed by atoms with Crippen LogP contribution in [0.1, 0.15) is 31.4 Å². The predicted octanol–water partition coefficient (Wildman–Crippen LogP) is 0.789. The number of ketones is 1. The van der Waals surface area contributed by atoms with Crippen LogP contribution in [0.3, 0.4) is 0 Å². The normalized spacial score (nSPS) is 12.8. The molecule has 4 nitrogen and oxygen atoms in total. The number of rotatable bonds is 4. The minimum absolute atomic E-state index is 0.0792. The molecule has 13 heavy (non-hydrogen) atoms. The highest BCUT2D eigenvalue weighted by atomic mass is 16.1. The van der Waals surface area contributed by atoms with Crippen molar-refractivity contribution in [2.24, 2.45) is 12.8 Å². The number of Topliss-reactive ketones (excluding diaryl/α,β-unsaturated/α-hetero) is 1. The largest absolute Gasteiger partial charge is 0.318 e.